The Kier molecular flexibility index (Phi) is 8.14. The van der Waals surface area contributed by atoms with Gasteiger partial charge in [-0.3, -0.25) is 19.2 Å². The average molecular weight is 333 g/mol. The van der Waals surface area contributed by atoms with Gasteiger partial charge in [0.05, 0.1) is 25.2 Å². The van der Waals surface area contributed by atoms with E-state index in [0.29, 0.717) is 6.42 Å². The van der Waals surface area contributed by atoms with E-state index in [1.165, 1.54) is 6.92 Å². The van der Waals surface area contributed by atoms with Crippen LogP contribution < -0.4 is 21.7 Å². The molecule has 24 heavy (non-hydrogen) atoms. The van der Waals surface area contributed by atoms with Crippen molar-refractivity contribution in [3.05, 3.63) is 35.9 Å². The first kappa shape index (κ1) is 19.3. The molecule has 129 valence electrons. The minimum absolute atomic E-state index is 0.277. The van der Waals surface area contributed by atoms with Gasteiger partial charge in [0.15, 0.2) is 0 Å². The van der Waals surface area contributed by atoms with Gasteiger partial charge in [-0.15, -0.1) is 0 Å². The van der Waals surface area contributed by atoms with E-state index in [9.17, 15) is 19.2 Å². The number of carbonyl (C=O) groups excluding carboxylic acids is 4. The molecule has 0 bridgehead atoms. The number of carbonyl (C=O) groups is 3. The monoisotopic (exact) mass is 333 g/mol. The molecule has 0 spiro atoms. The third-order valence-corrected chi connectivity index (χ3v) is 3.04. The lowest BCUT2D eigenvalue weighted by Gasteiger charge is -2.13. The Bertz CT molecular complexity index is 575. The highest BCUT2D eigenvalue weighted by atomic mass is 16.2. The first-order valence-corrected chi connectivity index (χ1v) is 7.43. The van der Waals surface area contributed by atoms with Crippen LogP contribution in [0.3, 0.4) is 0 Å². The van der Waals surface area contributed by atoms with Crippen LogP contribution in [-0.4, -0.2) is 49.2 Å². The quantitative estimate of drug-likeness (QED) is 0.432. The predicted octanol–water partition coefficient (Wildman–Crippen LogP) is -1.60. The molecule has 8 nitrogen and oxygen atoms in total. The fraction of sp³-hybridized carbons (Fsp3) is 0.375. The summed E-state index contributed by atoms with van der Waals surface area (Å²) in [6.45, 7) is 0.907. The van der Waals surface area contributed by atoms with Gasteiger partial charge in [-0.1, -0.05) is 30.3 Å². The van der Waals surface area contributed by atoms with Crippen molar-refractivity contribution in [2.75, 3.05) is 13.1 Å². The number of nitrogens with two attached hydrogens (primary N) is 1. The van der Waals surface area contributed by atoms with Gasteiger partial charge in [0.2, 0.25) is 24.0 Å². The van der Waals surface area contributed by atoms with Crippen molar-refractivity contribution in [3.63, 3.8) is 0 Å². The van der Waals surface area contributed by atoms with Crippen molar-refractivity contribution < 1.29 is 19.2 Å². The lowest BCUT2D eigenvalue weighted by molar-refractivity contribution is -0.128. The topological polar surface area (TPSA) is 130 Å². The van der Waals surface area contributed by atoms with E-state index < -0.39 is 29.8 Å². The highest BCUT2D eigenvalue weighted by Gasteiger charge is 2.14. The molecular weight excluding hydrogens is 312 g/mol. The largest absolute Gasteiger partial charge is 0.346 e. The van der Waals surface area contributed by atoms with Gasteiger partial charge >= 0.3 is 0 Å². The van der Waals surface area contributed by atoms with Crippen molar-refractivity contribution >= 4 is 24.0 Å². The summed E-state index contributed by atoms with van der Waals surface area (Å²) in [4.78, 5) is 45.4. The van der Waals surface area contributed by atoms with E-state index in [2.05, 4.69) is 16.0 Å². The zero-order valence-corrected chi connectivity index (χ0v) is 13.4. The van der Waals surface area contributed by atoms with Crippen LogP contribution in [0.2, 0.25) is 0 Å². The lowest BCUT2D eigenvalue weighted by Crippen LogP contribution is -2.47. The van der Waals surface area contributed by atoms with Gasteiger partial charge in [0, 0.05) is 6.42 Å². The highest BCUT2D eigenvalue weighted by molar-refractivity contribution is 5.90. The predicted molar refractivity (Wildman–Crippen MR) is 87.4 cm³/mol. The summed E-state index contributed by atoms with van der Waals surface area (Å²) in [6.07, 6.45) is 2.07. The van der Waals surface area contributed by atoms with Crippen molar-refractivity contribution in [3.8, 4) is 0 Å². The van der Waals surface area contributed by atoms with Gasteiger partial charge in [0.25, 0.3) is 0 Å². The Morgan fingerprint density at radius 1 is 1.08 bits per heavy atom. The molecule has 0 saturated heterocycles. The normalized spacial score (nSPS) is 12.6. The van der Waals surface area contributed by atoms with Crippen LogP contribution in [-0.2, 0) is 25.6 Å². The zero-order valence-electron chi connectivity index (χ0n) is 13.4. The molecule has 0 heterocycles. The summed E-state index contributed by atoms with van der Waals surface area (Å²) < 4.78 is 0. The summed E-state index contributed by atoms with van der Waals surface area (Å²) in [6, 6.07) is 7.66. The number of benzene rings is 1. The Morgan fingerprint density at radius 2 is 1.71 bits per heavy atom. The van der Waals surface area contributed by atoms with Gasteiger partial charge in [-0.05, 0) is 12.5 Å². The number of hydrogen-bond acceptors (Lipinski definition) is 5. The van der Waals surface area contributed by atoms with Crippen LogP contribution in [0.15, 0.2) is 30.3 Å². The van der Waals surface area contributed by atoms with E-state index in [0.717, 1.165) is 5.56 Å². The minimum atomic E-state index is -0.797. The van der Waals surface area contributed by atoms with Crippen LogP contribution in [0.4, 0.5) is 0 Å². The average Bonchev–Trinajstić information content (AvgIpc) is 2.57. The number of nitrogens with one attached hydrogen (secondary N) is 3. The van der Waals surface area contributed by atoms with E-state index in [1.807, 2.05) is 30.3 Å². The molecule has 1 radical (unpaired) electrons. The maximum Gasteiger partial charge on any atom is 0.240 e. The molecule has 3 amide bonds. The summed E-state index contributed by atoms with van der Waals surface area (Å²) in [5, 5.41) is 7.12. The molecule has 0 aliphatic carbocycles. The maximum atomic E-state index is 11.7. The van der Waals surface area contributed by atoms with Crippen molar-refractivity contribution in [1.29, 1.82) is 0 Å². The van der Waals surface area contributed by atoms with Crippen molar-refractivity contribution in [2.45, 2.75) is 25.4 Å². The van der Waals surface area contributed by atoms with Gasteiger partial charge in [-0.25, -0.2) is 0 Å². The first-order chi connectivity index (χ1) is 11.4. The van der Waals surface area contributed by atoms with Crippen LogP contribution in [0, 0.1) is 0 Å². The fourth-order valence-corrected chi connectivity index (χ4v) is 1.79. The fourth-order valence-electron chi connectivity index (χ4n) is 1.79. The van der Waals surface area contributed by atoms with Crippen LogP contribution >= 0.6 is 0 Å². The Morgan fingerprint density at radius 3 is 2.29 bits per heavy atom. The third-order valence-electron chi connectivity index (χ3n) is 3.04. The maximum absolute atomic E-state index is 11.7. The molecule has 0 unspecified atom stereocenters. The molecule has 5 N–H and O–H groups in total. The highest BCUT2D eigenvalue weighted by Crippen LogP contribution is 2.01. The molecule has 0 fully saturated rings. The number of amides is 3. The molecule has 8 heteroatoms. The molecule has 0 aliphatic rings. The summed E-state index contributed by atoms with van der Waals surface area (Å²) >= 11 is 0. The summed E-state index contributed by atoms with van der Waals surface area (Å²) in [7, 11) is 0. The van der Waals surface area contributed by atoms with Gasteiger partial charge < -0.3 is 21.7 Å². The smallest absolute Gasteiger partial charge is 0.240 e. The van der Waals surface area contributed by atoms with Gasteiger partial charge in [-0.2, -0.15) is 0 Å². The van der Waals surface area contributed by atoms with Crippen molar-refractivity contribution in [2.24, 2.45) is 5.73 Å². The van der Waals surface area contributed by atoms with Crippen molar-refractivity contribution in [1.82, 2.24) is 16.0 Å². The second-order valence-corrected chi connectivity index (χ2v) is 5.21. The molecule has 1 aromatic rings. The lowest BCUT2D eigenvalue weighted by atomic mass is 10.1. The van der Waals surface area contributed by atoms with E-state index in [1.54, 1.807) is 6.29 Å². The molecule has 0 saturated carbocycles. The molecule has 1 rings (SSSR count). The second-order valence-electron chi connectivity index (χ2n) is 5.21. The Labute approximate surface area is 140 Å². The second kappa shape index (κ2) is 10.1. The molecule has 2 atom stereocenters. The van der Waals surface area contributed by atoms with E-state index >= 15 is 0 Å². The zero-order chi connectivity index (χ0) is 17.9. The third kappa shape index (κ3) is 7.50. The SMILES string of the molecule is C[C@H](N)C(=O)NCC(=O)NCC(=O)N[C@H]([C]=O)Cc1ccccc1. The van der Waals surface area contributed by atoms with Crippen LogP contribution in [0.1, 0.15) is 12.5 Å². The first-order valence-electron chi connectivity index (χ1n) is 7.43. The Balaban J connectivity index is 2.32. The van der Waals surface area contributed by atoms with Crippen LogP contribution in [0.25, 0.3) is 0 Å². The molecule has 1 aromatic carbocycles. The van der Waals surface area contributed by atoms with E-state index in [-0.39, 0.29) is 13.1 Å². The number of rotatable bonds is 9. The molecule has 0 aliphatic heterocycles. The minimum Gasteiger partial charge on any atom is -0.346 e. The standard InChI is InChI=1S/C16H21N4O4/c1-11(17)16(24)19-8-14(22)18-9-15(23)20-13(10-21)7-12-5-3-2-4-6-12/h2-6,11,13H,7-9,17H2,1H3,(H,18,22)(H,19,24)(H,20,23)/t11-,13-/m0/s1. The van der Waals surface area contributed by atoms with Crippen LogP contribution in [0.5, 0.6) is 0 Å². The molecular formula is C16H21N4O4. The van der Waals surface area contributed by atoms with Gasteiger partial charge in [0.1, 0.15) is 0 Å². The summed E-state index contributed by atoms with van der Waals surface area (Å²) in [5.74, 6) is -1.52. The Hall–Kier alpha value is -2.74. The summed E-state index contributed by atoms with van der Waals surface area (Å²) in [5.41, 5.74) is 6.22. The molecule has 0 aromatic heterocycles. The van der Waals surface area contributed by atoms with E-state index in [4.69, 9.17) is 5.73 Å². The number of hydrogen-bond donors (Lipinski definition) is 4.